The zero-order chi connectivity index (χ0) is 24.3. The van der Waals surface area contributed by atoms with E-state index in [1.165, 1.54) is 12.1 Å². The third-order valence-electron chi connectivity index (χ3n) is 5.36. The number of sulfonamides is 1. The van der Waals surface area contributed by atoms with Gasteiger partial charge in [-0.3, -0.25) is 10.1 Å². The summed E-state index contributed by atoms with van der Waals surface area (Å²) in [6, 6.07) is 21.3. The molecule has 0 amide bonds. The van der Waals surface area contributed by atoms with E-state index in [0.717, 1.165) is 24.3 Å². The summed E-state index contributed by atoms with van der Waals surface area (Å²) in [5.74, 6) is -0.660. The number of carbonyl (C=O) groups is 1. The largest absolute Gasteiger partial charge is 0.467 e. The van der Waals surface area contributed by atoms with E-state index in [1.54, 1.807) is 60.7 Å². The zero-order valence-electron chi connectivity index (χ0n) is 18.0. The molecule has 0 aromatic heterocycles. The predicted molar refractivity (Wildman–Crippen MR) is 121 cm³/mol. The Morgan fingerprint density at radius 3 is 2.06 bits per heavy atom. The van der Waals surface area contributed by atoms with Crippen molar-refractivity contribution in [3.8, 4) is 0 Å². The van der Waals surface area contributed by atoms with Crippen LogP contribution in [0.15, 0.2) is 89.8 Å². The first-order valence-corrected chi connectivity index (χ1v) is 11.7. The van der Waals surface area contributed by atoms with Gasteiger partial charge in [0.15, 0.2) is 12.3 Å². The summed E-state index contributed by atoms with van der Waals surface area (Å²) in [6.45, 7) is 0. The van der Waals surface area contributed by atoms with Crippen LogP contribution in [-0.2, 0) is 24.3 Å². The Labute approximate surface area is 195 Å². The lowest BCUT2D eigenvalue weighted by atomic mass is 10.0. The lowest BCUT2D eigenvalue weighted by molar-refractivity contribution is -0.384. The molecule has 4 rings (SSSR count). The standard InChI is InChI=1S/C23H21N3O7S/c1-32-23(27)21-20(16-8-4-2-5-9-16)25(22(33-21)17-10-6-3-7-11-17)24-34(30,31)19-14-12-18(13-15-19)26(28)29/h2-15,20-22,24H,1H3/t20-,21-,22-/m0/s1. The van der Waals surface area contributed by atoms with Gasteiger partial charge < -0.3 is 9.47 Å². The molecule has 1 aliphatic heterocycles. The van der Waals surface area contributed by atoms with Crippen molar-refractivity contribution in [3.63, 3.8) is 0 Å². The summed E-state index contributed by atoms with van der Waals surface area (Å²) < 4.78 is 37.5. The molecule has 1 N–H and O–H groups in total. The molecule has 1 heterocycles. The number of carbonyl (C=O) groups excluding carboxylic acids is 1. The molecule has 3 aromatic carbocycles. The van der Waals surface area contributed by atoms with Crippen LogP contribution in [-0.4, -0.2) is 37.5 Å². The summed E-state index contributed by atoms with van der Waals surface area (Å²) in [6.07, 6.45) is -2.08. The number of ether oxygens (including phenoxy) is 2. The van der Waals surface area contributed by atoms with E-state index in [0.29, 0.717) is 11.1 Å². The molecule has 11 heteroatoms. The number of esters is 1. The van der Waals surface area contributed by atoms with E-state index >= 15 is 0 Å². The SMILES string of the molecule is COC(=O)[C@H]1O[C@@H](c2ccccc2)N(NS(=O)(=O)c2ccc([N+](=O)[O-])cc2)[C@H]1c1ccccc1. The number of nitrogens with one attached hydrogen (secondary N) is 1. The van der Waals surface area contributed by atoms with Gasteiger partial charge in [-0.15, -0.1) is 4.83 Å². The summed E-state index contributed by atoms with van der Waals surface area (Å²) in [7, 11) is -2.97. The highest BCUT2D eigenvalue weighted by Crippen LogP contribution is 2.42. The van der Waals surface area contributed by atoms with Gasteiger partial charge in [-0.1, -0.05) is 60.7 Å². The first-order chi connectivity index (χ1) is 16.3. The lowest BCUT2D eigenvalue weighted by Crippen LogP contribution is -2.45. The molecule has 0 unspecified atom stereocenters. The number of rotatable bonds is 7. The van der Waals surface area contributed by atoms with Crippen LogP contribution < -0.4 is 4.83 Å². The number of non-ortho nitro benzene ring substituents is 1. The quantitative estimate of drug-likeness (QED) is 0.308. The van der Waals surface area contributed by atoms with Crippen molar-refractivity contribution in [3.05, 3.63) is 106 Å². The van der Waals surface area contributed by atoms with Crippen LogP contribution in [0.25, 0.3) is 0 Å². The molecule has 3 aromatic rings. The minimum Gasteiger partial charge on any atom is -0.467 e. The molecule has 0 aliphatic carbocycles. The maximum Gasteiger partial charge on any atom is 0.337 e. The van der Waals surface area contributed by atoms with Gasteiger partial charge in [0.2, 0.25) is 0 Å². The molecule has 0 bridgehead atoms. The van der Waals surface area contributed by atoms with Crippen molar-refractivity contribution >= 4 is 21.7 Å². The number of hydrazine groups is 1. The second-order valence-electron chi connectivity index (χ2n) is 7.45. The Morgan fingerprint density at radius 1 is 0.971 bits per heavy atom. The van der Waals surface area contributed by atoms with Crippen molar-refractivity contribution in [2.75, 3.05) is 7.11 Å². The molecule has 10 nitrogen and oxygen atoms in total. The number of nitrogens with zero attached hydrogens (tertiary/aromatic N) is 2. The normalized spacial score (nSPS) is 20.7. The molecular formula is C23H21N3O7S. The number of hydrogen-bond donors (Lipinski definition) is 1. The van der Waals surface area contributed by atoms with Gasteiger partial charge in [0.05, 0.1) is 23.0 Å². The van der Waals surface area contributed by atoms with Crippen LogP contribution in [0.1, 0.15) is 23.4 Å². The molecule has 1 aliphatic rings. The number of benzene rings is 3. The van der Waals surface area contributed by atoms with Crippen molar-refractivity contribution in [2.24, 2.45) is 0 Å². The molecule has 0 spiro atoms. The molecule has 3 atom stereocenters. The molecule has 176 valence electrons. The highest BCUT2D eigenvalue weighted by atomic mass is 32.2. The maximum atomic E-state index is 13.3. The first kappa shape index (κ1) is 23.5. The van der Waals surface area contributed by atoms with Crippen LogP contribution in [0.4, 0.5) is 5.69 Å². The molecule has 1 fully saturated rings. The fourth-order valence-corrected chi connectivity index (χ4v) is 4.84. The van der Waals surface area contributed by atoms with Gasteiger partial charge in [0.1, 0.15) is 0 Å². The van der Waals surface area contributed by atoms with Gasteiger partial charge in [0.25, 0.3) is 15.7 Å². The summed E-state index contributed by atoms with van der Waals surface area (Å²) >= 11 is 0. The average molecular weight is 484 g/mol. The monoisotopic (exact) mass is 483 g/mol. The second-order valence-corrected chi connectivity index (χ2v) is 9.11. The molecular weight excluding hydrogens is 462 g/mol. The highest BCUT2D eigenvalue weighted by Gasteiger charge is 2.49. The van der Waals surface area contributed by atoms with E-state index in [9.17, 15) is 23.3 Å². The number of hydrogen-bond acceptors (Lipinski definition) is 8. The van der Waals surface area contributed by atoms with Crippen molar-refractivity contribution < 1.29 is 27.6 Å². The zero-order valence-corrected chi connectivity index (χ0v) is 18.8. The van der Waals surface area contributed by atoms with Crippen molar-refractivity contribution in [1.29, 1.82) is 0 Å². The maximum absolute atomic E-state index is 13.3. The van der Waals surface area contributed by atoms with Crippen LogP contribution >= 0.6 is 0 Å². The smallest absolute Gasteiger partial charge is 0.337 e. The van der Waals surface area contributed by atoms with E-state index in [-0.39, 0.29) is 10.6 Å². The topological polar surface area (TPSA) is 128 Å². The Hall–Kier alpha value is -3.64. The molecule has 0 radical (unpaired) electrons. The minimum atomic E-state index is -4.20. The molecule has 34 heavy (non-hydrogen) atoms. The Kier molecular flexibility index (Phi) is 6.70. The third kappa shape index (κ3) is 4.68. The van der Waals surface area contributed by atoms with E-state index < -0.39 is 39.3 Å². The average Bonchev–Trinajstić information content (AvgIpc) is 3.23. The lowest BCUT2D eigenvalue weighted by Gasteiger charge is -2.29. The first-order valence-electron chi connectivity index (χ1n) is 10.2. The molecule has 1 saturated heterocycles. The Bertz CT molecular complexity index is 1270. The van der Waals surface area contributed by atoms with Crippen LogP contribution in [0.5, 0.6) is 0 Å². The highest BCUT2D eigenvalue weighted by molar-refractivity contribution is 7.89. The third-order valence-corrected chi connectivity index (χ3v) is 6.70. The summed E-state index contributed by atoms with van der Waals surface area (Å²) in [4.78, 5) is 25.3. The van der Waals surface area contributed by atoms with Crippen LogP contribution in [0.3, 0.4) is 0 Å². The predicted octanol–water partition coefficient (Wildman–Crippen LogP) is 3.10. The van der Waals surface area contributed by atoms with Gasteiger partial charge in [-0.2, -0.15) is 5.01 Å². The molecule has 0 saturated carbocycles. The van der Waals surface area contributed by atoms with Gasteiger partial charge in [0, 0.05) is 12.1 Å². The Morgan fingerprint density at radius 2 is 1.53 bits per heavy atom. The number of nitro groups is 1. The van der Waals surface area contributed by atoms with Crippen molar-refractivity contribution in [1.82, 2.24) is 9.84 Å². The number of nitro benzene ring substituents is 1. The van der Waals surface area contributed by atoms with E-state index in [1.807, 2.05) is 0 Å². The van der Waals surface area contributed by atoms with Crippen molar-refractivity contribution in [2.45, 2.75) is 23.3 Å². The van der Waals surface area contributed by atoms with Crippen LogP contribution in [0, 0.1) is 10.1 Å². The van der Waals surface area contributed by atoms with Gasteiger partial charge >= 0.3 is 5.97 Å². The van der Waals surface area contributed by atoms with Crippen LogP contribution in [0.2, 0.25) is 0 Å². The summed E-state index contributed by atoms with van der Waals surface area (Å²) in [5, 5.41) is 12.3. The minimum absolute atomic E-state index is 0.182. The number of methoxy groups -OCH3 is 1. The van der Waals surface area contributed by atoms with E-state index in [4.69, 9.17) is 9.47 Å². The summed E-state index contributed by atoms with van der Waals surface area (Å²) in [5.41, 5.74) is 1.00. The fourth-order valence-electron chi connectivity index (χ4n) is 3.76. The van der Waals surface area contributed by atoms with E-state index in [2.05, 4.69) is 4.83 Å². The van der Waals surface area contributed by atoms with Gasteiger partial charge in [-0.05, 0) is 23.3 Å². The van der Waals surface area contributed by atoms with Gasteiger partial charge in [-0.25, -0.2) is 13.2 Å². The fraction of sp³-hybridized carbons (Fsp3) is 0.174. The Balaban J connectivity index is 1.78. The second kappa shape index (κ2) is 9.69.